The molecule has 1 N–H and O–H groups in total. The number of hydrogen-bond donors (Lipinski definition) is 1. The summed E-state index contributed by atoms with van der Waals surface area (Å²) >= 11 is 12.0. The van der Waals surface area contributed by atoms with Gasteiger partial charge in [-0.05, 0) is 49.3 Å². The van der Waals surface area contributed by atoms with E-state index in [1.807, 2.05) is 38.1 Å². The molecule has 0 bridgehead atoms. The molecule has 2 rings (SSSR count). The Hall–Kier alpha value is -1.25. The van der Waals surface area contributed by atoms with Crippen molar-refractivity contribution in [1.29, 1.82) is 0 Å². The minimum absolute atomic E-state index is 0.0455. The number of carbonyl (C=O) groups is 1. The minimum Gasteiger partial charge on any atom is -0.350 e. The van der Waals surface area contributed by atoms with Gasteiger partial charge in [0.25, 0.3) is 0 Å². The topological polar surface area (TPSA) is 29.1 Å². The van der Waals surface area contributed by atoms with Crippen LogP contribution in [-0.2, 0) is 4.79 Å². The van der Waals surface area contributed by atoms with Crippen LogP contribution in [0.1, 0.15) is 38.2 Å². The van der Waals surface area contributed by atoms with Crippen molar-refractivity contribution in [1.82, 2.24) is 5.32 Å². The zero-order valence-corrected chi connectivity index (χ0v) is 14.4. The molecular weight excluding hydrogens is 317 g/mol. The summed E-state index contributed by atoms with van der Waals surface area (Å²) in [7, 11) is 0. The maximum absolute atomic E-state index is 11.6. The predicted molar refractivity (Wildman–Crippen MR) is 93.5 cm³/mol. The Balaban J connectivity index is 1.81. The second-order valence-corrected chi connectivity index (χ2v) is 6.56. The molecule has 0 aromatic heterocycles. The van der Waals surface area contributed by atoms with E-state index in [0.717, 1.165) is 12.8 Å². The number of benzene rings is 1. The van der Waals surface area contributed by atoms with Gasteiger partial charge >= 0.3 is 0 Å². The second kappa shape index (κ2) is 7.85. The van der Waals surface area contributed by atoms with Gasteiger partial charge in [-0.3, -0.25) is 4.79 Å². The van der Waals surface area contributed by atoms with Crippen molar-refractivity contribution in [2.75, 3.05) is 0 Å². The zero-order chi connectivity index (χ0) is 16.1. The van der Waals surface area contributed by atoms with Crippen LogP contribution in [0.3, 0.4) is 0 Å². The average Bonchev–Trinajstić information content (AvgIpc) is 3.26. The summed E-state index contributed by atoms with van der Waals surface area (Å²) in [6.07, 6.45) is 9.49. The molecule has 1 amide bonds. The smallest absolute Gasteiger partial charge is 0.244 e. The van der Waals surface area contributed by atoms with E-state index in [1.54, 1.807) is 12.2 Å². The zero-order valence-electron chi connectivity index (χ0n) is 12.9. The van der Waals surface area contributed by atoms with Crippen LogP contribution in [0.2, 0.25) is 10.0 Å². The molecule has 2 nitrogen and oxygen atoms in total. The lowest BCUT2D eigenvalue weighted by atomic mass is 10.1. The molecule has 0 heterocycles. The van der Waals surface area contributed by atoms with E-state index in [-0.39, 0.29) is 11.9 Å². The number of allylic oxidation sites excluding steroid dienone is 3. The molecule has 1 aliphatic rings. The van der Waals surface area contributed by atoms with Gasteiger partial charge in [0.1, 0.15) is 0 Å². The van der Waals surface area contributed by atoms with Gasteiger partial charge in [0, 0.05) is 12.1 Å². The fourth-order valence-corrected chi connectivity index (χ4v) is 2.60. The normalized spacial score (nSPS) is 22.2. The van der Waals surface area contributed by atoms with E-state index in [1.165, 1.54) is 5.56 Å². The van der Waals surface area contributed by atoms with Gasteiger partial charge in [0.2, 0.25) is 5.91 Å². The van der Waals surface area contributed by atoms with E-state index in [9.17, 15) is 4.79 Å². The molecule has 0 aliphatic heterocycles. The summed E-state index contributed by atoms with van der Waals surface area (Å²) in [4.78, 5) is 11.6. The van der Waals surface area contributed by atoms with Crippen molar-refractivity contribution < 1.29 is 4.79 Å². The van der Waals surface area contributed by atoms with Crippen molar-refractivity contribution in [2.45, 2.75) is 38.6 Å². The average molecular weight is 338 g/mol. The van der Waals surface area contributed by atoms with Crippen molar-refractivity contribution in [2.24, 2.45) is 5.92 Å². The number of rotatable bonds is 6. The number of nitrogens with one attached hydrogen (secondary N) is 1. The van der Waals surface area contributed by atoms with Crippen molar-refractivity contribution >= 4 is 29.1 Å². The number of amides is 1. The van der Waals surface area contributed by atoms with E-state index in [2.05, 4.69) is 11.4 Å². The standard InChI is InChI=1S/C18H21Cl2NO/c1-3-12(2)21-18(22)7-5-4-6-13-10-15(13)14-8-9-16(19)17(20)11-14/h4-9,11-13,15H,3,10H2,1-2H3,(H,21,22)/b6-4+,7-5+/t12?,13-,15-/m1/s1. The Bertz CT molecular complexity index is 595. The molecule has 1 aromatic rings. The molecule has 3 atom stereocenters. The first-order valence-electron chi connectivity index (χ1n) is 7.61. The van der Waals surface area contributed by atoms with Gasteiger partial charge in [0.05, 0.1) is 10.0 Å². The lowest BCUT2D eigenvalue weighted by molar-refractivity contribution is -0.117. The Kier molecular flexibility index (Phi) is 6.10. The largest absolute Gasteiger partial charge is 0.350 e. The number of hydrogen-bond acceptors (Lipinski definition) is 1. The third kappa shape index (κ3) is 4.89. The molecule has 0 spiro atoms. The SMILES string of the molecule is CCC(C)NC(=O)/C=C/C=C/[C@@H]1C[C@H]1c1ccc(Cl)c(Cl)c1. The van der Waals surface area contributed by atoms with Crippen molar-refractivity contribution in [3.05, 3.63) is 58.1 Å². The van der Waals surface area contributed by atoms with E-state index >= 15 is 0 Å². The Morgan fingerprint density at radius 1 is 1.36 bits per heavy atom. The lowest BCUT2D eigenvalue weighted by Crippen LogP contribution is -2.30. The van der Waals surface area contributed by atoms with Crippen LogP contribution in [0, 0.1) is 5.92 Å². The van der Waals surface area contributed by atoms with Crippen molar-refractivity contribution in [3.63, 3.8) is 0 Å². The number of carbonyl (C=O) groups excluding carboxylic acids is 1. The van der Waals surface area contributed by atoms with E-state index in [0.29, 0.717) is 21.9 Å². The molecular formula is C18H21Cl2NO. The van der Waals surface area contributed by atoms with Gasteiger partial charge in [-0.2, -0.15) is 0 Å². The third-order valence-electron chi connectivity index (χ3n) is 3.93. The first kappa shape index (κ1) is 17.1. The van der Waals surface area contributed by atoms with Gasteiger partial charge in [-0.15, -0.1) is 0 Å². The van der Waals surface area contributed by atoms with Gasteiger partial charge < -0.3 is 5.32 Å². The van der Waals surface area contributed by atoms with Gasteiger partial charge in [-0.1, -0.05) is 54.4 Å². The maximum atomic E-state index is 11.6. The molecule has 1 fully saturated rings. The molecule has 1 aliphatic carbocycles. The Morgan fingerprint density at radius 2 is 2.14 bits per heavy atom. The highest BCUT2D eigenvalue weighted by atomic mass is 35.5. The Labute approximate surface area is 142 Å². The lowest BCUT2D eigenvalue weighted by Gasteiger charge is -2.07. The summed E-state index contributed by atoms with van der Waals surface area (Å²) in [5.41, 5.74) is 1.22. The van der Waals surface area contributed by atoms with Crippen LogP contribution in [0.4, 0.5) is 0 Å². The summed E-state index contributed by atoms with van der Waals surface area (Å²) in [6, 6.07) is 6.03. The van der Waals surface area contributed by atoms with Crippen LogP contribution in [0.5, 0.6) is 0 Å². The molecule has 1 aromatic carbocycles. The number of halogens is 2. The summed E-state index contributed by atoms with van der Waals surface area (Å²) in [6.45, 7) is 4.04. The maximum Gasteiger partial charge on any atom is 0.244 e. The quantitative estimate of drug-likeness (QED) is 0.566. The predicted octanol–water partition coefficient (Wildman–Crippen LogP) is 5.12. The highest BCUT2D eigenvalue weighted by molar-refractivity contribution is 6.42. The monoisotopic (exact) mass is 337 g/mol. The first-order valence-corrected chi connectivity index (χ1v) is 8.37. The fourth-order valence-electron chi connectivity index (χ4n) is 2.30. The molecule has 22 heavy (non-hydrogen) atoms. The fraction of sp³-hybridized carbons (Fsp3) is 0.389. The molecule has 0 radical (unpaired) electrons. The molecule has 1 saturated carbocycles. The van der Waals surface area contributed by atoms with Crippen LogP contribution >= 0.6 is 23.2 Å². The highest BCUT2D eigenvalue weighted by Gasteiger charge is 2.36. The molecule has 118 valence electrons. The molecule has 0 saturated heterocycles. The Morgan fingerprint density at radius 3 is 2.82 bits per heavy atom. The summed E-state index contributed by atoms with van der Waals surface area (Å²) in [5.74, 6) is 0.976. The third-order valence-corrected chi connectivity index (χ3v) is 4.67. The summed E-state index contributed by atoms with van der Waals surface area (Å²) < 4.78 is 0. The van der Waals surface area contributed by atoms with E-state index < -0.39 is 0 Å². The molecule has 4 heteroatoms. The highest BCUT2D eigenvalue weighted by Crippen LogP contribution is 2.49. The van der Waals surface area contributed by atoms with E-state index in [4.69, 9.17) is 23.2 Å². The van der Waals surface area contributed by atoms with Crippen molar-refractivity contribution in [3.8, 4) is 0 Å². The summed E-state index contributed by atoms with van der Waals surface area (Å²) in [5, 5.41) is 4.09. The minimum atomic E-state index is -0.0455. The second-order valence-electron chi connectivity index (χ2n) is 5.74. The van der Waals surface area contributed by atoms with Crippen LogP contribution < -0.4 is 5.32 Å². The van der Waals surface area contributed by atoms with Crippen LogP contribution in [-0.4, -0.2) is 11.9 Å². The van der Waals surface area contributed by atoms with Gasteiger partial charge in [0.15, 0.2) is 0 Å². The molecule has 1 unspecified atom stereocenters. The van der Waals surface area contributed by atoms with Gasteiger partial charge in [-0.25, -0.2) is 0 Å². The van der Waals surface area contributed by atoms with Crippen LogP contribution in [0.15, 0.2) is 42.5 Å². The first-order chi connectivity index (χ1) is 10.5. The van der Waals surface area contributed by atoms with Crippen LogP contribution in [0.25, 0.3) is 0 Å².